The third kappa shape index (κ3) is 2.64. The second-order valence-corrected chi connectivity index (χ2v) is 7.28. The van der Waals surface area contributed by atoms with Gasteiger partial charge in [0.15, 0.2) is 0 Å². The van der Waals surface area contributed by atoms with E-state index in [-0.39, 0.29) is 11.1 Å². The first-order chi connectivity index (χ1) is 14.5. The maximum atomic E-state index is 14.6. The number of aryl methyl sites for hydroxylation is 2. The average molecular weight is 401 g/mol. The predicted molar refractivity (Wildman–Crippen MR) is 113 cm³/mol. The van der Waals surface area contributed by atoms with E-state index in [0.29, 0.717) is 27.8 Å². The van der Waals surface area contributed by atoms with Crippen LogP contribution in [0.5, 0.6) is 0 Å². The van der Waals surface area contributed by atoms with Crippen LogP contribution in [-0.2, 0) is 7.05 Å². The first kappa shape index (κ1) is 18.2. The maximum Gasteiger partial charge on any atom is 0.282 e. The van der Waals surface area contributed by atoms with E-state index in [4.69, 9.17) is 0 Å². The molecule has 0 fully saturated rings. The van der Waals surface area contributed by atoms with E-state index in [1.807, 2.05) is 54.1 Å². The van der Waals surface area contributed by atoms with E-state index in [0.717, 1.165) is 17.2 Å². The average Bonchev–Trinajstić information content (AvgIpc) is 3.10. The van der Waals surface area contributed by atoms with Gasteiger partial charge in [0.25, 0.3) is 5.56 Å². The summed E-state index contributed by atoms with van der Waals surface area (Å²) in [5.41, 5.74) is 4.05. The lowest BCUT2D eigenvalue weighted by Crippen LogP contribution is -2.18. The van der Waals surface area contributed by atoms with Crippen molar-refractivity contribution < 1.29 is 8.78 Å². The highest BCUT2D eigenvalue weighted by Gasteiger charge is 2.21. The third-order valence-corrected chi connectivity index (χ3v) is 5.44. The highest BCUT2D eigenvalue weighted by Crippen LogP contribution is 2.32. The molecule has 4 nitrogen and oxygen atoms in total. The van der Waals surface area contributed by atoms with Crippen molar-refractivity contribution in [2.75, 3.05) is 0 Å². The van der Waals surface area contributed by atoms with Gasteiger partial charge >= 0.3 is 0 Å². The van der Waals surface area contributed by atoms with Crippen LogP contribution in [0.2, 0.25) is 0 Å². The Balaban J connectivity index is 1.88. The summed E-state index contributed by atoms with van der Waals surface area (Å²) in [5.74, 6) is -1.35. The molecule has 3 aromatic carbocycles. The molecule has 0 spiro atoms. The van der Waals surface area contributed by atoms with Gasteiger partial charge in [-0.3, -0.25) is 4.79 Å². The van der Waals surface area contributed by atoms with Crippen LogP contribution < -0.4 is 5.56 Å². The van der Waals surface area contributed by atoms with Crippen LogP contribution in [0.3, 0.4) is 0 Å². The van der Waals surface area contributed by atoms with Gasteiger partial charge in [0, 0.05) is 18.7 Å². The van der Waals surface area contributed by atoms with Gasteiger partial charge in [0.05, 0.1) is 22.2 Å². The molecule has 148 valence electrons. The quantitative estimate of drug-likeness (QED) is 0.413. The summed E-state index contributed by atoms with van der Waals surface area (Å²) in [6.45, 7) is 1.71. The van der Waals surface area contributed by atoms with Crippen molar-refractivity contribution in [3.8, 4) is 22.3 Å². The van der Waals surface area contributed by atoms with Gasteiger partial charge in [-0.2, -0.15) is 9.61 Å². The Hall–Kier alpha value is -3.80. The van der Waals surface area contributed by atoms with Gasteiger partial charge in [-0.25, -0.2) is 8.78 Å². The number of halogens is 2. The van der Waals surface area contributed by atoms with Gasteiger partial charge in [-0.15, -0.1) is 0 Å². The normalized spacial score (nSPS) is 11.5. The minimum atomic E-state index is -0.696. The Morgan fingerprint density at radius 1 is 0.900 bits per heavy atom. The summed E-state index contributed by atoms with van der Waals surface area (Å²) >= 11 is 0. The zero-order valence-electron chi connectivity index (χ0n) is 16.4. The third-order valence-electron chi connectivity index (χ3n) is 5.44. The minimum absolute atomic E-state index is 0.206. The van der Waals surface area contributed by atoms with Gasteiger partial charge in [-0.1, -0.05) is 36.4 Å². The van der Waals surface area contributed by atoms with Crippen LogP contribution in [0, 0.1) is 18.6 Å². The van der Waals surface area contributed by atoms with E-state index in [1.54, 1.807) is 13.0 Å². The molecule has 0 atom stereocenters. The molecule has 0 unspecified atom stereocenters. The molecule has 0 bridgehead atoms. The number of fused-ring (bicyclic) bond motifs is 2. The van der Waals surface area contributed by atoms with Crippen molar-refractivity contribution in [3.63, 3.8) is 0 Å². The second-order valence-electron chi connectivity index (χ2n) is 7.28. The zero-order valence-corrected chi connectivity index (χ0v) is 16.4. The molecule has 0 aliphatic carbocycles. The van der Waals surface area contributed by atoms with E-state index < -0.39 is 11.6 Å². The lowest BCUT2D eigenvalue weighted by molar-refractivity contribution is 0.585. The van der Waals surface area contributed by atoms with Crippen LogP contribution in [-0.4, -0.2) is 14.2 Å². The number of hydrogen-bond donors (Lipinski definition) is 0. The van der Waals surface area contributed by atoms with E-state index in [9.17, 15) is 13.6 Å². The Morgan fingerprint density at radius 3 is 2.40 bits per heavy atom. The Kier molecular flexibility index (Phi) is 4.03. The largest absolute Gasteiger partial charge is 0.328 e. The summed E-state index contributed by atoms with van der Waals surface area (Å²) < 4.78 is 31.2. The first-order valence-corrected chi connectivity index (χ1v) is 9.48. The highest BCUT2D eigenvalue weighted by atomic mass is 19.1. The number of hydrogen-bond acceptors (Lipinski definition) is 2. The molecule has 5 aromatic rings. The van der Waals surface area contributed by atoms with Crippen molar-refractivity contribution in [2.45, 2.75) is 6.92 Å². The van der Waals surface area contributed by atoms with Crippen molar-refractivity contribution in [3.05, 3.63) is 94.4 Å². The van der Waals surface area contributed by atoms with Crippen molar-refractivity contribution in [1.82, 2.24) is 14.2 Å². The number of nitrogens with zero attached hydrogens (tertiary/aromatic N) is 3. The number of benzene rings is 3. The summed E-state index contributed by atoms with van der Waals surface area (Å²) in [7, 11) is 1.82. The minimum Gasteiger partial charge on any atom is -0.328 e. The number of rotatable bonds is 2. The van der Waals surface area contributed by atoms with Crippen LogP contribution in [0.15, 0.2) is 71.5 Å². The van der Waals surface area contributed by atoms with Gasteiger partial charge in [0.2, 0.25) is 0 Å². The standard InChI is InChI=1S/C24H17F2N3O/c1-14-22(18-11-9-17(25)13-20(18)26)23-28(2)21-12-16(15-6-4-3-5-7-15)8-10-19(21)24(30)29(23)27-14/h3-13H,1-2H3. The smallest absolute Gasteiger partial charge is 0.282 e. The molecule has 5 rings (SSSR count). The van der Waals surface area contributed by atoms with E-state index in [2.05, 4.69) is 5.10 Å². The van der Waals surface area contributed by atoms with Gasteiger partial charge in [0.1, 0.15) is 17.3 Å². The first-order valence-electron chi connectivity index (χ1n) is 9.48. The molecule has 0 amide bonds. The summed E-state index contributed by atoms with van der Waals surface area (Å²) in [5, 5.41) is 4.88. The molecule has 0 saturated heterocycles. The molecule has 2 aromatic heterocycles. The van der Waals surface area contributed by atoms with Crippen molar-refractivity contribution in [1.29, 1.82) is 0 Å². The number of aromatic nitrogens is 3. The molecule has 0 aliphatic rings. The molecule has 0 saturated carbocycles. The van der Waals surface area contributed by atoms with Crippen LogP contribution in [0.25, 0.3) is 38.8 Å². The highest BCUT2D eigenvalue weighted by molar-refractivity contribution is 5.89. The van der Waals surface area contributed by atoms with Crippen molar-refractivity contribution >= 4 is 16.6 Å². The Morgan fingerprint density at radius 2 is 1.67 bits per heavy atom. The molecular weight excluding hydrogens is 384 g/mol. The SMILES string of the molecule is Cc1nn2c(=O)c3ccc(-c4ccccc4)cc3n(C)c2c1-c1ccc(F)cc1F. The monoisotopic (exact) mass is 401 g/mol. The fraction of sp³-hybridized carbons (Fsp3) is 0.0833. The zero-order chi connectivity index (χ0) is 21.0. The fourth-order valence-electron chi connectivity index (χ4n) is 4.00. The van der Waals surface area contributed by atoms with Crippen LogP contribution >= 0.6 is 0 Å². The van der Waals surface area contributed by atoms with E-state index in [1.165, 1.54) is 16.6 Å². The molecule has 6 heteroatoms. The topological polar surface area (TPSA) is 39.3 Å². The predicted octanol–water partition coefficient (Wildman–Crippen LogP) is 5.11. The molecular formula is C24H17F2N3O. The summed E-state index contributed by atoms with van der Waals surface area (Å²) in [6, 6.07) is 18.9. The molecule has 0 aliphatic heterocycles. The van der Waals surface area contributed by atoms with Crippen molar-refractivity contribution in [2.24, 2.45) is 7.05 Å². The summed E-state index contributed by atoms with van der Waals surface area (Å²) in [6.07, 6.45) is 0. The summed E-state index contributed by atoms with van der Waals surface area (Å²) in [4.78, 5) is 13.2. The fourth-order valence-corrected chi connectivity index (χ4v) is 4.00. The Bertz CT molecular complexity index is 1500. The Labute approximate surface area is 170 Å². The van der Waals surface area contributed by atoms with E-state index >= 15 is 0 Å². The second kappa shape index (κ2) is 6.62. The molecule has 0 N–H and O–H groups in total. The van der Waals surface area contributed by atoms with Gasteiger partial charge < -0.3 is 4.57 Å². The maximum absolute atomic E-state index is 14.6. The van der Waals surface area contributed by atoms with Gasteiger partial charge in [-0.05, 0) is 42.3 Å². The lowest BCUT2D eigenvalue weighted by Gasteiger charge is -2.12. The van der Waals surface area contributed by atoms with Crippen LogP contribution in [0.1, 0.15) is 5.69 Å². The molecule has 0 radical (unpaired) electrons. The van der Waals surface area contributed by atoms with Crippen LogP contribution in [0.4, 0.5) is 8.78 Å². The lowest BCUT2D eigenvalue weighted by atomic mass is 10.0. The molecule has 2 heterocycles. The molecule has 30 heavy (non-hydrogen) atoms.